The number of aryl methyl sites for hydroxylation is 1. The van der Waals surface area contributed by atoms with Gasteiger partial charge in [-0.15, -0.1) is 0 Å². The molecule has 1 rings (SSSR count). The van der Waals surface area contributed by atoms with Crippen molar-refractivity contribution >= 4 is 17.5 Å². The summed E-state index contributed by atoms with van der Waals surface area (Å²) in [7, 11) is 0. The van der Waals surface area contributed by atoms with Crippen LogP contribution < -0.4 is 0 Å². The van der Waals surface area contributed by atoms with Crippen molar-refractivity contribution in [2.24, 2.45) is 0 Å². The molecule has 0 fully saturated rings. The molecule has 1 aromatic rings. The third-order valence-electron chi connectivity index (χ3n) is 2.26. The summed E-state index contributed by atoms with van der Waals surface area (Å²) in [5.41, 5.74) is 2.11. The molecule has 0 aliphatic heterocycles. The Hall–Kier alpha value is -0.830. The summed E-state index contributed by atoms with van der Waals surface area (Å²) < 4.78 is 0. The standard InChI is InChI=1S/C12H17NOS/c1-3-10-4-5-11(13-9-10)8-12(14)6-7-15-2/h4-5,9H,3,6-8H2,1-2H3. The minimum Gasteiger partial charge on any atom is -0.299 e. The van der Waals surface area contributed by atoms with E-state index in [9.17, 15) is 4.79 Å². The Bertz CT molecular complexity index is 308. The molecular formula is C12H17NOS. The third-order valence-corrected chi connectivity index (χ3v) is 2.87. The minimum atomic E-state index is 0.279. The molecule has 1 aromatic heterocycles. The Morgan fingerprint density at radius 2 is 2.27 bits per heavy atom. The quantitative estimate of drug-likeness (QED) is 0.742. The molecule has 1 heterocycles. The van der Waals surface area contributed by atoms with E-state index in [2.05, 4.69) is 11.9 Å². The van der Waals surface area contributed by atoms with E-state index >= 15 is 0 Å². The average molecular weight is 223 g/mol. The molecule has 0 saturated carbocycles. The number of nitrogens with zero attached hydrogens (tertiary/aromatic N) is 1. The summed E-state index contributed by atoms with van der Waals surface area (Å²) in [5.74, 6) is 1.19. The molecule has 0 aliphatic rings. The first kappa shape index (κ1) is 12.2. The summed E-state index contributed by atoms with van der Waals surface area (Å²) in [4.78, 5) is 15.7. The van der Waals surface area contributed by atoms with Gasteiger partial charge in [-0.3, -0.25) is 9.78 Å². The van der Waals surface area contributed by atoms with E-state index in [0.717, 1.165) is 17.9 Å². The molecule has 15 heavy (non-hydrogen) atoms. The number of hydrogen-bond donors (Lipinski definition) is 0. The smallest absolute Gasteiger partial charge is 0.139 e. The molecule has 2 nitrogen and oxygen atoms in total. The zero-order valence-corrected chi connectivity index (χ0v) is 10.1. The van der Waals surface area contributed by atoms with Crippen molar-refractivity contribution in [1.29, 1.82) is 0 Å². The Balaban J connectivity index is 2.46. The average Bonchev–Trinajstić information content (AvgIpc) is 2.27. The molecule has 0 atom stereocenters. The van der Waals surface area contributed by atoms with Gasteiger partial charge in [-0.1, -0.05) is 13.0 Å². The van der Waals surface area contributed by atoms with Crippen LogP contribution in [0.15, 0.2) is 18.3 Å². The first-order valence-corrected chi connectivity index (χ1v) is 6.60. The fourth-order valence-electron chi connectivity index (χ4n) is 1.28. The van der Waals surface area contributed by atoms with Crippen LogP contribution in [-0.4, -0.2) is 22.8 Å². The monoisotopic (exact) mass is 223 g/mol. The van der Waals surface area contributed by atoms with Crippen molar-refractivity contribution in [3.05, 3.63) is 29.6 Å². The first-order valence-electron chi connectivity index (χ1n) is 5.20. The number of thioether (sulfide) groups is 1. The van der Waals surface area contributed by atoms with E-state index < -0.39 is 0 Å². The van der Waals surface area contributed by atoms with Gasteiger partial charge < -0.3 is 0 Å². The Labute approximate surface area is 95.5 Å². The molecule has 0 amide bonds. The first-order chi connectivity index (χ1) is 7.26. The second-order valence-electron chi connectivity index (χ2n) is 3.47. The molecular weight excluding hydrogens is 206 g/mol. The van der Waals surface area contributed by atoms with Gasteiger partial charge in [0, 0.05) is 24.7 Å². The minimum absolute atomic E-state index is 0.279. The van der Waals surface area contributed by atoms with Crippen LogP contribution in [0.5, 0.6) is 0 Å². The normalized spacial score (nSPS) is 10.3. The molecule has 0 saturated heterocycles. The van der Waals surface area contributed by atoms with E-state index in [1.165, 1.54) is 5.56 Å². The lowest BCUT2D eigenvalue weighted by Crippen LogP contribution is -2.05. The number of hydrogen-bond acceptors (Lipinski definition) is 3. The molecule has 3 heteroatoms. The molecule has 0 spiro atoms. The van der Waals surface area contributed by atoms with Gasteiger partial charge in [-0.05, 0) is 30.1 Å². The lowest BCUT2D eigenvalue weighted by molar-refractivity contribution is -0.118. The number of ketones is 1. The van der Waals surface area contributed by atoms with Crippen molar-refractivity contribution in [3.8, 4) is 0 Å². The van der Waals surface area contributed by atoms with Gasteiger partial charge in [-0.25, -0.2) is 0 Å². The highest BCUT2D eigenvalue weighted by atomic mass is 32.2. The van der Waals surface area contributed by atoms with Gasteiger partial charge in [0.2, 0.25) is 0 Å². The number of pyridine rings is 1. The number of Topliss-reactive ketones (excluding diaryl/α,β-unsaturated/α-hetero) is 1. The second kappa shape index (κ2) is 6.62. The summed E-state index contributed by atoms with van der Waals surface area (Å²) in [6.07, 6.45) is 6.00. The maximum Gasteiger partial charge on any atom is 0.139 e. The SMILES string of the molecule is CCc1ccc(CC(=O)CCSC)nc1. The van der Waals surface area contributed by atoms with Crippen LogP contribution >= 0.6 is 11.8 Å². The number of rotatable bonds is 6. The predicted octanol–water partition coefficient (Wildman–Crippen LogP) is 2.51. The van der Waals surface area contributed by atoms with Crippen molar-refractivity contribution in [2.75, 3.05) is 12.0 Å². The van der Waals surface area contributed by atoms with Gasteiger partial charge in [0.25, 0.3) is 0 Å². The van der Waals surface area contributed by atoms with E-state index in [1.807, 2.05) is 24.6 Å². The highest BCUT2D eigenvalue weighted by Crippen LogP contribution is 2.04. The van der Waals surface area contributed by atoms with E-state index in [0.29, 0.717) is 12.8 Å². The van der Waals surface area contributed by atoms with Gasteiger partial charge in [0.15, 0.2) is 0 Å². The zero-order valence-electron chi connectivity index (χ0n) is 9.32. The van der Waals surface area contributed by atoms with Crippen LogP contribution in [0.4, 0.5) is 0 Å². The number of aromatic nitrogens is 1. The van der Waals surface area contributed by atoms with Crippen LogP contribution in [0.1, 0.15) is 24.6 Å². The lowest BCUT2D eigenvalue weighted by atomic mass is 10.1. The Morgan fingerprint density at radius 1 is 1.47 bits per heavy atom. The summed E-state index contributed by atoms with van der Waals surface area (Å²) in [5, 5.41) is 0. The van der Waals surface area contributed by atoms with Crippen LogP contribution in [0.3, 0.4) is 0 Å². The number of carbonyl (C=O) groups excluding carboxylic acids is 1. The maximum atomic E-state index is 11.5. The van der Waals surface area contributed by atoms with Gasteiger partial charge in [0.05, 0.1) is 0 Å². The van der Waals surface area contributed by atoms with Gasteiger partial charge in [-0.2, -0.15) is 11.8 Å². The molecule has 0 radical (unpaired) electrons. The topological polar surface area (TPSA) is 30.0 Å². The highest BCUT2D eigenvalue weighted by molar-refractivity contribution is 7.98. The van der Waals surface area contributed by atoms with Gasteiger partial charge in [0.1, 0.15) is 5.78 Å². The molecule has 0 bridgehead atoms. The van der Waals surface area contributed by atoms with Crippen LogP contribution in [0.25, 0.3) is 0 Å². The summed E-state index contributed by atoms with van der Waals surface area (Å²) in [6.45, 7) is 2.10. The lowest BCUT2D eigenvalue weighted by Gasteiger charge is -2.01. The summed E-state index contributed by atoms with van der Waals surface area (Å²) >= 11 is 1.71. The Morgan fingerprint density at radius 3 is 2.80 bits per heavy atom. The maximum absolute atomic E-state index is 11.5. The van der Waals surface area contributed by atoms with E-state index in [1.54, 1.807) is 11.8 Å². The fraction of sp³-hybridized carbons (Fsp3) is 0.500. The van der Waals surface area contributed by atoms with Crippen molar-refractivity contribution in [3.63, 3.8) is 0 Å². The van der Waals surface area contributed by atoms with Crippen molar-refractivity contribution in [1.82, 2.24) is 4.98 Å². The highest BCUT2D eigenvalue weighted by Gasteiger charge is 2.04. The third kappa shape index (κ3) is 4.47. The predicted molar refractivity (Wildman–Crippen MR) is 65.3 cm³/mol. The molecule has 82 valence electrons. The Kier molecular flexibility index (Phi) is 5.40. The zero-order chi connectivity index (χ0) is 11.1. The van der Waals surface area contributed by atoms with E-state index in [4.69, 9.17) is 0 Å². The van der Waals surface area contributed by atoms with Crippen LogP contribution in [0, 0.1) is 0 Å². The molecule has 0 aliphatic carbocycles. The molecule has 0 aromatic carbocycles. The van der Waals surface area contributed by atoms with Crippen LogP contribution in [0.2, 0.25) is 0 Å². The van der Waals surface area contributed by atoms with Crippen LogP contribution in [-0.2, 0) is 17.6 Å². The van der Waals surface area contributed by atoms with Crippen molar-refractivity contribution in [2.45, 2.75) is 26.2 Å². The van der Waals surface area contributed by atoms with Gasteiger partial charge >= 0.3 is 0 Å². The van der Waals surface area contributed by atoms with Crippen molar-refractivity contribution < 1.29 is 4.79 Å². The van der Waals surface area contributed by atoms with E-state index in [-0.39, 0.29) is 5.78 Å². The molecule has 0 N–H and O–H groups in total. The molecule has 0 unspecified atom stereocenters. The number of carbonyl (C=O) groups is 1. The largest absolute Gasteiger partial charge is 0.299 e. The summed E-state index contributed by atoms with van der Waals surface area (Å²) in [6, 6.07) is 4.00. The second-order valence-corrected chi connectivity index (χ2v) is 4.46. The fourth-order valence-corrected chi connectivity index (χ4v) is 1.71.